The molecule has 0 saturated carbocycles. The lowest BCUT2D eigenvalue weighted by molar-refractivity contribution is -0.141. The van der Waals surface area contributed by atoms with Crippen LogP contribution in [-0.2, 0) is 9.59 Å². The van der Waals surface area contributed by atoms with Gasteiger partial charge in [0.25, 0.3) is 0 Å². The van der Waals surface area contributed by atoms with Crippen LogP contribution in [-0.4, -0.2) is 36.6 Å². The number of carbonyl (C=O) groups excluding carboxylic acids is 1. The second kappa shape index (κ2) is 5.40. The van der Waals surface area contributed by atoms with Crippen molar-refractivity contribution in [1.82, 2.24) is 5.32 Å². The molecule has 2 rings (SSSR count). The highest BCUT2D eigenvalue weighted by Crippen LogP contribution is 2.23. The van der Waals surface area contributed by atoms with Gasteiger partial charge >= 0.3 is 5.97 Å². The molecular formula is C14H18N2O3. The summed E-state index contributed by atoms with van der Waals surface area (Å²) in [5, 5.41) is 12.1. The lowest BCUT2D eigenvalue weighted by Gasteiger charge is -2.24. The van der Waals surface area contributed by atoms with Gasteiger partial charge in [0.15, 0.2) is 0 Å². The highest BCUT2D eigenvalue weighted by molar-refractivity contribution is 5.96. The van der Waals surface area contributed by atoms with Crippen LogP contribution in [0.15, 0.2) is 18.2 Å². The number of hydrogen-bond acceptors (Lipinski definition) is 3. The average molecular weight is 262 g/mol. The fourth-order valence-corrected chi connectivity index (χ4v) is 2.24. The van der Waals surface area contributed by atoms with Gasteiger partial charge in [0.2, 0.25) is 5.91 Å². The molecule has 0 aliphatic carbocycles. The topological polar surface area (TPSA) is 69.6 Å². The molecule has 0 aromatic heterocycles. The van der Waals surface area contributed by atoms with Crippen LogP contribution in [0, 0.1) is 19.8 Å². The van der Waals surface area contributed by atoms with E-state index in [1.165, 1.54) is 0 Å². The Morgan fingerprint density at radius 3 is 2.84 bits per heavy atom. The predicted octanol–water partition coefficient (Wildman–Crippen LogP) is 0.940. The normalized spacial score (nSPS) is 20.2. The van der Waals surface area contributed by atoms with Crippen molar-refractivity contribution in [3.8, 4) is 0 Å². The molecule has 1 atom stereocenters. The van der Waals surface area contributed by atoms with Crippen molar-refractivity contribution >= 4 is 17.6 Å². The molecule has 1 heterocycles. The third kappa shape index (κ3) is 2.93. The number of carboxylic acid groups (broad SMARTS) is 1. The maximum atomic E-state index is 12.1. The van der Waals surface area contributed by atoms with Crippen LogP contribution in [0.3, 0.4) is 0 Å². The van der Waals surface area contributed by atoms with Gasteiger partial charge in [-0.1, -0.05) is 12.1 Å². The van der Waals surface area contributed by atoms with Crippen molar-refractivity contribution in [2.24, 2.45) is 5.92 Å². The molecule has 102 valence electrons. The maximum Gasteiger partial charge on any atom is 0.309 e. The van der Waals surface area contributed by atoms with Gasteiger partial charge in [-0.2, -0.15) is 0 Å². The van der Waals surface area contributed by atoms with E-state index >= 15 is 0 Å². The van der Waals surface area contributed by atoms with Crippen molar-refractivity contribution in [3.05, 3.63) is 29.3 Å². The molecule has 0 spiro atoms. The third-order valence-electron chi connectivity index (χ3n) is 3.38. The van der Waals surface area contributed by atoms with Gasteiger partial charge in [-0.05, 0) is 31.0 Å². The molecule has 1 aromatic rings. The molecule has 1 unspecified atom stereocenters. The number of hydrogen-bond donors (Lipinski definition) is 2. The quantitative estimate of drug-likeness (QED) is 0.832. The molecule has 1 amide bonds. The third-order valence-corrected chi connectivity index (χ3v) is 3.38. The number of rotatable bonds is 2. The zero-order valence-electron chi connectivity index (χ0n) is 11.1. The fraction of sp³-hybridized carbons (Fsp3) is 0.429. The Morgan fingerprint density at radius 1 is 1.42 bits per heavy atom. The van der Waals surface area contributed by atoms with Gasteiger partial charge in [-0.25, -0.2) is 0 Å². The van der Waals surface area contributed by atoms with E-state index in [4.69, 9.17) is 5.11 Å². The molecule has 5 nitrogen and oxygen atoms in total. The molecule has 5 heteroatoms. The number of amides is 1. The minimum Gasteiger partial charge on any atom is -0.481 e. The van der Waals surface area contributed by atoms with Gasteiger partial charge in [-0.3, -0.25) is 9.59 Å². The second-order valence-corrected chi connectivity index (χ2v) is 4.96. The first-order valence-corrected chi connectivity index (χ1v) is 6.30. The SMILES string of the molecule is Cc1ccc(C)c(N2CC(C(=O)O)CNCC2=O)c1. The van der Waals surface area contributed by atoms with Gasteiger partial charge < -0.3 is 15.3 Å². The molecule has 1 aliphatic heterocycles. The highest BCUT2D eigenvalue weighted by atomic mass is 16.4. The molecule has 1 saturated heterocycles. The summed E-state index contributed by atoms with van der Waals surface area (Å²) >= 11 is 0. The van der Waals surface area contributed by atoms with Gasteiger partial charge in [0, 0.05) is 18.8 Å². The van der Waals surface area contributed by atoms with E-state index in [0.29, 0.717) is 6.54 Å². The number of anilines is 1. The Balaban J connectivity index is 2.36. The summed E-state index contributed by atoms with van der Waals surface area (Å²) in [6.45, 7) is 4.60. The summed E-state index contributed by atoms with van der Waals surface area (Å²) in [6.07, 6.45) is 0. The lowest BCUT2D eigenvalue weighted by atomic mass is 10.1. The zero-order valence-corrected chi connectivity index (χ0v) is 11.1. The number of aryl methyl sites for hydroxylation is 2. The summed E-state index contributed by atoms with van der Waals surface area (Å²) < 4.78 is 0. The van der Waals surface area contributed by atoms with Crippen LogP contribution in [0.1, 0.15) is 11.1 Å². The summed E-state index contributed by atoms with van der Waals surface area (Å²) in [5.74, 6) is -1.54. The fourth-order valence-electron chi connectivity index (χ4n) is 2.24. The van der Waals surface area contributed by atoms with E-state index in [-0.39, 0.29) is 19.0 Å². The van der Waals surface area contributed by atoms with Gasteiger partial charge in [0.05, 0.1) is 12.5 Å². The molecule has 1 aromatic carbocycles. The number of aliphatic carboxylic acids is 1. The van der Waals surface area contributed by atoms with E-state index in [1.807, 2.05) is 32.0 Å². The van der Waals surface area contributed by atoms with E-state index < -0.39 is 11.9 Å². The second-order valence-electron chi connectivity index (χ2n) is 4.96. The van der Waals surface area contributed by atoms with E-state index in [2.05, 4.69) is 5.32 Å². The zero-order chi connectivity index (χ0) is 14.0. The first-order chi connectivity index (χ1) is 8.99. The number of carboxylic acids is 1. The van der Waals surface area contributed by atoms with Crippen LogP contribution < -0.4 is 10.2 Å². The largest absolute Gasteiger partial charge is 0.481 e. The van der Waals surface area contributed by atoms with E-state index in [0.717, 1.165) is 16.8 Å². The van der Waals surface area contributed by atoms with Gasteiger partial charge in [-0.15, -0.1) is 0 Å². The molecule has 1 fully saturated rings. The number of carbonyl (C=O) groups is 2. The Bertz CT molecular complexity index is 513. The molecule has 0 radical (unpaired) electrons. The van der Waals surface area contributed by atoms with Crippen molar-refractivity contribution in [1.29, 1.82) is 0 Å². The first-order valence-electron chi connectivity index (χ1n) is 6.30. The molecule has 0 bridgehead atoms. The van der Waals surface area contributed by atoms with Crippen molar-refractivity contribution in [3.63, 3.8) is 0 Å². The van der Waals surface area contributed by atoms with Crippen LogP contribution in [0.2, 0.25) is 0 Å². The Kier molecular flexibility index (Phi) is 3.85. The van der Waals surface area contributed by atoms with Crippen molar-refractivity contribution in [2.45, 2.75) is 13.8 Å². The number of nitrogens with zero attached hydrogens (tertiary/aromatic N) is 1. The van der Waals surface area contributed by atoms with E-state index in [1.54, 1.807) is 4.90 Å². The molecule has 2 N–H and O–H groups in total. The smallest absolute Gasteiger partial charge is 0.309 e. The van der Waals surface area contributed by atoms with Crippen molar-refractivity contribution in [2.75, 3.05) is 24.5 Å². The molecule has 19 heavy (non-hydrogen) atoms. The summed E-state index contributed by atoms with van der Waals surface area (Å²) in [7, 11) is 0. The Hall–Kier alpha value is -1.88. The summed E-state index contributed by atoms with van der Waals surface area (Å²) in [4.78, 5) is 24.9. The molecule has 1 aliphatic rings. The van der Waals surface area contributed by atoms with Crippen LogP contribution in [0.25, 0.3) is 0 Å². The minimum absolute atomic E-state index is 0.0857. The summed E-state index contributed by atoms with van der Waals surface area (Å²) in [6, 6.07) is 5.86. The standard InChI is InChI=1S/C14H18N2O3/c1-9-3-4-10(2)12(5-9)16-8-11(14(18)19)6-15-7-13(16)17/h3-5,11,15H,6-8H2,1-2H3,(H,18,19). The minimum atomic E-state index is -0.877. The first kappa shape index (κ1) is 13.5. The van der Waals surface area contributed by atoms with E-state index in [9.17, 15) is 9.59 Å². The number of benzene rings is 1. The number of nitrogens with one attached hydrogen (secondary N) is 1. The Labute approximate surface area is 112 Å². The monoisotopic (exact) mass is 262 g/mol. The molecular weight excluding hydrogens is 244 g/mol. The Morgan fingerprint density at radius 2 is 2.16 bits per heavy atom. The lowest BCUT2D eigenvalue weighted by Crippen LogP contribution is -2.37. The maximum absolute atomic E-state index is 12.1. The van der Waals surface area contributed by atoms with Crippen LogP contribution in [0.4, 0.5) is 5.69 Å². The van der Waals surface area contributed by atoms with Crippen LogP contribution in [0.5, 0.6) is 0 Å². The average Bonchev–Trinajstić information content (AvgIpc) is 2.54. The highest BCUT2D eigenvalue weighted by Gasteiger charge is 2.29. The van der Waals surface area contributed by atoms with Crippen LogP contribution >= 0.6 is 0 Å². The van der Waals surface area contributed by atoms with Crippen molar-refractivity contribution < 1.29 is 14.7 Å². The summed E-state index contributed by atoms with van der Waals surface area (Å²) in [5.41, 5.74) is 2.84. The predicted molar refractivity (Wildman–Crippen MR) is 72.3 cm³/mol. The van der Waals surface area contributed by atoms with Gasteiger partial charge in [0.1, 0.15) is 0 Å².